The van der Waals surface area contributed by atoms with Crippen molar-refractivity contribution in [2.24, 2.45) is 0 Å². The van der Waals surface area contributed by atoms with Crippen LogP contribution in [0.3, 0.4) is 0 Å². The van der Waals surface area contributed by atoms with Crippen LogP contribution in [0.25, 0.3) is 0 Å². The number of anilines is 3. The summed E-state index contributed by atoms with van der Waals surface area (Å²) < 4.78 is 31.7. The Kier molecular flexibility index (Phi) is 5.54. The van der Waals surface area contributed by atoms with Gasteiger partial charge in [0.05, 0.1) is 17.7 Å². The Morgan fingerprint density at radius 3 is 2.19 bits per heavy atom. The number of amides is 1. The number of nitrogens with one attached hydrogen (secondary N) is 1. The Labute approximate surface area is 185 Å². The van der Waals surface area contributed by atoms with E-state index in [9.17, 15) is 18.0 Å². The van der Waals surface area contributed by atoms with Crippen molar-refractivity contribution in [3.05, 3.63) is 89.5 Å². The lowest BCUT2D eigenvalue weighted by Gasteiger charge is -2.29. The number of ether oxygens (including phenoxy) is 1. The number of benzene rings is 3. The molecule has 0 atom stereocenters. The van der Waals surface area contributed by atoms with Crippen LogP contribution < -0.4 is 15.0 Å². The number of carbonyl (C=O) groups excluding carboxylic acids is 2. The van der Waals surface area contributed by atoms with E-state index in [4.69, 9.17) is 4.74 Å². The lowest BCUT2D eigenvalue weighted by molar-refractivity contribution is -0.114. The summed E-state index contributed by atoms with van der Waals surface area (Å²) in [6.45, 7) is 1.42. The number of fused-ring (bicyclic) bond motifs is 1. The molecule has 1 aliphatic rings. The SMILES string of the molecule is COc1ccc(C(=O)C2=CN(c3ccc(NC(C)=O)cc3)c3ccccc3S2(=O)=O)cc1. The highest BCUT2D eigenvalue weighted by atomic mass is 32.2. The van der Waals surface area contributed by atoms with E-state index in [1.165, 1.54) is 38.4 Å². The van der Waals surface area contributed by atoms with Crippen LogP contribution in [-0.2, 0) is 14.6 Å². The Balaban J connectivity index is 1.81. The second-order valence-electron chi connectivity index (χ2n) is 7.12. The Bertz CT molecular complexity index is 1330. The number of sulfone groups is 1. The molecule has 0 radical (unpaired) electrons. The van der Waals surface area contributed by atoms with Crippen LogP contribution in [0.1, 0.15) is 17.3 Å². The average Bonchev–Trinajstić information content (AvgIpc) is 2.79. The van der Waals surface area contributed by atoms with Gasteiger partial charge in [-0.1, -0.05) is 12.1 Å². The Hall–Kier alpha value is -3.91. The maximum Gasteiger partial charge on any atom is 0.221 e. The minimum atomic E-state index is -4.03. The highest BCUT2D eigenvalue weighted by molar-refractivity contribution is 7.96. The first kappa shape index (κ1) is 21.3. The summed E-state index contributed by atoms with van der Waals surface area (Å²) in [4.78, 5) is 25.9. The molecule has 4 rings (SSSR count). The summed E-state index contributed by atoms with van der Waals surface area (Å²) >= 11 is 0. The molecular formula is C24H20N2O5S. The molecule has 3 aromatic rings. The van der Waals surface area contributed by atoms with Crippen LogP contribution in [0.4, 0.5) is 17.1 Å². The molecule has 0 unspecified atom stereocenters. The lowest BCUT2D eigenvalue weighted by Crippen LogP contribution is -2.25. The second-order valence-corrected chi connectivity index (χ2v) is 9.01. The van der Waals surface area contributed by atoms with Crippen molar-refractivity contribution in [3.8, 4) is 5.75 Å². The van der Waals surface area contributed by atoms with E-state index in [0.29, 0.717) is 22.8 Å². The van der Waals surface area contributed by atoms with E-state index in [1.54, 1.807) is 59.5 Å². The minimum Gasteiger partial charge on any atom is -0.497 e. The number of rotatable bonds is 5. The van der Waals surface area contributed by atoms with Crippen LogP contribution in [0.2, 0.25) is 0 Å². The van der Waals surface area contributed by atoms with E-state index in [1.807, 2.05) is 0 Å². The van der Waals surface area contributed by atoms with Gasteiger partial charge in [0.1, 0.15) is 10.7 Å². The van der Waals surface area contributed by atoms with Gasteiger partial charge in [0, 0.05) is 30.1 Å². The molecule has 32 heavy (non-hydrogen) atoms. The molecule has 162 valence electrons. The molecule has 1 amide bonds. The van der Waals surface area contributed by atoms with Crippen LogP contribution >= 0.6 is 0 Å². The van der Waals surface area contributed by atoms with Crippen LogP contribution in [-0.4, -0.2) is 27.2 Å². The van der Waals surface area contributed by atoms with Gasteiger partial charge >= 0.3 is 0 Å². The van der Waals surface area contributed by atoms with Crippen molar-refractivity contribution in [2.45, 2.75) is 11.8 Å². The largest absolute Gasteiger partial charge is 0.497 e. The quantitative estimate of drug-likeness (QED) is 0.585. The van der Waals surface area contributed by atoms with Gasteiger partial charge < -0.3 is 15.0 Å². The maximum absolute atomic E-state index is 13.3. The van der Waals surface area contributed by atoms with Crippen molar-refractivity contribution in [2.75, 3.05) is 17.3 Å². The van der Waals surface area contributed by atoms with Gasteiger partial charge in [0.25, 0.3) is 0 Å². The number of nitrogens with zero attached hydrogens (tertiary/aromatic N) is 1. The number of Topliss-reactive ketones (excluding diaryl/α,β-unsaturated/α-hetero) is 1. The standard InChI is InChI=1S/C24H20N2O5S/c1-16(27)25-18-9-11-19(12-10-18)26-15-23(24(28)17-7-13-20(31-2)14-8-17)32(29,30)22-6-4-3-5-21(22)26/h3-15H,1-2H3,(H,25,27). The summed E-state index contributed by atoms with van der Waals surface area (Å²) in [6, 6.07) is 19.7. The van der Waals surface area contributed by atoms with Gasteiger partial charge in [0.15, 0.2) is 0 Å². The lowest BCUT2D eigenvalue weighted by atomic mass is 10.1. The van der Waals surface area contributed by atoms with E-state index in [-0.39, 0.29) is 21.3 Å². The van der Waals surface area contributed by atoms with Gasteiger partial charge in [-0.3, -0.25) is 9.59 Å². The highest BCUT2D eigenvalue weighted by Gasteiger charge is 2.36. The molecule has 0 aliphatic carbocycles. The third-order valence-electron chi connectivity index (χ3n) is 4.99. The summed E-state index contributed by atoms with van der Waals surface area (Å²) in [5, 5.41) is 2.69. The van der Waals surface area contributed by atoms with Gasteiger partial charge in [-0.2, -0.15) is 0 Å². The molecule has 0 saturated carbocycles. The Morgan fingerprint density at radius 1 is 0.906 bits per heavy atom. The van der Waals surface area contributed by atoms with Gasteiger partial charge in [0.2, 0.25) is 21.5 Å². The van der Waals surface area contributed by atoms with Crippen molar-refractivity contribution < 1.29 is 22.7 Å². The summed E-state index contributed by atoms with van der Waals surface area (Å²) in [5.41, 5.74) is 1.92. The van der Waals surface area contributed by atoms with E-state index in [0.717, 1.165) is 0 Å². The number of ketones is 1. The summed E-state index contributed by atoms with van der Waals surface area (Å²) in [6.07, 6.45) is 1.34. The Morgan fingerprint density at radius 2 is 1.56 bits per heavy atom. The fourth-order valence-corrected chi connectivity index (χ4v) is 4.99. The zero-order valence-corrected chi connectivity index (χ0v) is 18.2. The fourth-order valence-electron chi connectivity index (χ4n) is 3.45. The predicted octanol–water partition coefficient (Wildman–Crippen LogP) is 4.30. The predicted molar refractivity (Wildman–Crippen MR) is 122 cm³/mol. The molecule has 3 aromatic carbocycles. The average molecular weight is 449 g/mol. The third kappa shape index (κ3) is 3.88. The molecule has 0 fully saturated rings. The van der Waals surface area contributed by atoms with Crippen molar-refractivity contribution >= 4 is 38.6 Å². The molecule has 1 N–H and O–H groups in total. The maximum atomic E-state index is 13.3. The van der Waals surface area contributed by atoms with Crippen LogP contribution in [0.5, 0.6) is 5.75 Å². The first-order valence-corrected chi connectivity index (χ1v) is 11.2. The number of hydrogen-bond donors (Lipinski definition) is 1. The number of methoxy groups -OCH3 is 1. The molecule has 8 heteroatoms. The fraction of sp³-hybridized carbons (Fsp3) is 0.0833. The number of hydrogen-bond acceptors (Lipinski definition) is 6. The number of allylic oxidation sites excluding steroid dienone is 1. The van der Waals surface area contributed by atoms with Crippen molar-refractivity contribution in [1.82, 2.24) is 0 Å². The normalized spacial score (nSPS) is 14.2. The number of para-hydroxylation sites is 1. The molecule has 0 saturated heterocycles. The highest BCUT2D eigenvalue weighted by Crippen LogP contribution is 2.40. The first-order chi connectivity index (χ1) is 15.3. The molecule has 0 aromatic heterocycles. The molecule has 0 bridgehead atoms. The molecular weight excluding hydrogens is 428 g/mol. The molecule has 0 spiro atoms. The molecule has 7 nitrogen and oxygen atoms in total. The van der Waals surface area contributed by atoms with Crippen LogP contribution in [0.15, 0.2) is 88.8 Å². The summed E-state index contributed by atoms with van der Waals surface area (Å²) in [5.74, 6) is -0.241. The molecule has 1 heterocycles. The summed E-state index contributed by atoms with van der Waals surface area (Å²) in [7, 11) is -2.52. The zero-order valence-electron chi connectivity index (χ0n) is 17.4. The van der Waals surface area contributed by atoms with Crippen LogP contribution in [0, 0.1) is 0 Å². The third-order valence-corrected chi connectivity index (χ3v) is 6.79. The van der Waals surface area contributed by atoms with E-state index >= 15 is 0 Å². The topological polar surface area (TPSA) is 92.8 Å². The van der Waals surface area contributed by atoms with E-state index < -0.39 is 15.6 Å². The van der Waals surface area contributed by atoms with Gasteiger partial charge in [-0.15, -0.1) is 0 Å². The smallest absolute Gasteiger partial charge is 0.221 e. The zero-order chi connectivity index (χ0) is 22.9. The number of carbonyl (C=O) groups is 2. The first-order valence-electron chi connectivity index (χ1n) is 9.73. The minimum absolute atomic E-state index is 0.0466. The second kappa shape index (κ2) is 8.32. The molecule has 1 aliphatic heterocycles. The van der Waals surface area contributed by atoms with Crippen molar-refractivity contribution in [1.29, 1.82) is 0 Å². The van der Waals surface area contributed by atoms with Gasteiger partial charge in [-0.05, 0) is 60.7 Å². The van der Waals surface area contributed by atoms with Crippen molar-refractivity contribution in [3.63, 3.8) is 0 Å². The van der Waals surface area contributed by atoms with Gasteiger partial charge in [-0.25, -0.2) is 8.42 Å². The van der Waals surface area contributed by atoms with E-state index in [2.05, 4.69) is 5.32 Å². The monoisotopic (exact) mass is 448 g/mol.